The average Bonchev–Trinajstić information content (AvgIpc) is 2.49. The molecule has 23 heavy (non-hydrogen) atoms. The quantitative estimate of drug-likeness (QED) is 0.664. The van der Waals surface area contributed by atoms with Gasteiger partial charge in [-0.05, 0) is 38.0 Å². The van der Waals surface area contributed by atoms with Crippen molar-refractivity contribution in [1.29, 1.82) is 0 Å². The maximum atomic E-state index is 12.6. The third-order valence-corrected chi connectivity index (χ3v) is 3.64. The molecule has 0 aliphatic carbocycles. The highest BCUT2D eigenvalue weighted by Crippen LogP contribution is 2.26. The molecular formula is C17H19N3O3. The first kappa shape index (κ1) is 16.5. The van der Waals surface area contributed by atoms with Crippen molar-refractivity contribution in [1.82, 2.24) is 0 Å². The lowest BCUT2D eigenvalue weighted by atomic mass is 10.0. The monoisotopic (exact) mass is 313 g/mol. The van der Waals surface area contributed by atoms with Gasteiger partial charge < -0.3 is 10.6 Å². The standard InChI is InChI=1S/C17H19N3O3/c1-10-7-11(2)16(12(3)8-10)19-17(21)14-9-13(20(22)23)5-6-15(14)18-4/h5-9,18H,1-4H3,(H,19,21). The number of rotatable bonds is 4. The molecule has 0 bridgehead atoms. The van der Waals surface area contributed by atoms with Crippen LogP contribution in [0, 0.1) is 30.9 Å². The Bertz CT molecular complexity index is 762. The number of carbonyl (C=O) groups excluding carboxylic acids is 1. The molecule has 0 aromatic heterocycles. The number of non-ortho nitro benzene ring substituents is 1. The minimum absolute atomic E-state index is 0.119. The van der Waals surface area contributed by atoms with Gasteiger partial charge in [-0.2, -0.15) is 0 Å². The van der Waals surface area contributed by atoms with Crippen LogP contribution in [0.3, 0.4) is 0 Å². The molecule has 1 amide bonds. The molecule has 0 radical (unpaired) electrons. The fourth-order valence-electron chi connectivity index (χ4n) is 2.61. The normalized spacial score (nSPS) is 10.3. The molecule has 0 spiro atoms. The van der Waals surface area contributed by atoms with Crippen molar-refractivity contribution in [2.75, 3.05) is 17.7 Å². The van der Waals surface area contributed by atoms with Crippen LogP contribution in [0.1, 0.15) is 27.0 Å². The van der Waals surface area contributed by atoms with Crippen LogP contribution in [0.15, 0.2) is 30.3 Å². The maximum absolute atomic E-state index is 12.6. The number of carbonyl (C=O) groups is 1. The molecule has 2 aromatic carbocycles. The van der Waals surface area contributed by atoms with Crippen LogP contribution < -0.4 is 10.6 Å². The Morgan fingerprint density at radius 3 is 2.22 bits per heavy atom. The van der Waals surface area contributed by atoms with Gasteiger partial charge in [-0.3, -0.25) is 14.9 Å². The van der Waals surface area contributed by atoms with Crippen LogP contribution in [0.2, 0.25) is 0 Å². The lowest BCUT2D eigenvalue weighted by molar-refractivity contribution is -0.384. The second-order valence-corrected chi connectivity index (χ2v) is 5.46. The van der Waals surface area contributed by atoms with Crippen molar-refractivity contribution in [3.63, 3.8) is 0 Å². The van der Waals surface area contributed by atoms with Crippen LogP contribution in [0.4, 0.5) is 17.1 Å². The number of aryl methyl sites for hydroxylation is 3. The average molecular weight is 313 g/mol. The maximum Gasteiger partial charge on any atom is 0.270 e. The highest BCUT2D eigenvalue weighted by molar-refractivity contribution is 6.09. The Hall–Kier alpha value is -2.89. The smallest absolute Gasteiger partial charge is 0.270 e. The van der Waals surface area contributed by atoms with Crippen molar-refractivity contribution in [2.45, 2.75) is 20.8 Å². The summed E-state index contributed by atoms with van der Waals surface area (Å²) >= 11 is 0. The number of anilines is 2. The number of hydrogen-bond acceptors (Lipinski definition) is 4. The number of hydrogen-bond donors (Lipinski definition) is 2. The summed E-state index contributed by atoms with van der Waals surface area (Å²) in [5, 5.41) is 16.7. The van der Waals surface area contributed by atoms with Crippen molar-refractivity contribution in [2.24, 2.45) is 0 Å². The minimum atomic E-state index is -0.515. The zero-order chi connectivity index (χ0) is 17.1. The van der Waals surface area contributed by atoms with E-state index in [0.717, 1.165) is 22.4 Å². The molecule has 0 unspecified atom stereocenters. The molecule has 6 heteroatoms. The molecule has 0 fully saturated rings. The number of amides is 1. The number of benzene rings is 2. The minimum Gasteiger partial charge on any atom is -0.387 e. The van der Waals surface area contributed by atoms with E-state index in [9.17, 15) is 14.9 Å². The predicted molar refractivity (Wildman–Crippen MR) is 91.2 cm³/mol. The van der Waals surface area contributed by atoms with Gasteiger partial charge in [0.15, 0.2) is 0 Å². The van der Waals surface area contributed by atoms with Crippen molar-refractivity contribution in [3.05, 3.63) is 62.7 Å². The van der Waals surface area contributed by atoms with Gasteiger partial charge >= 0.3 is 0 Å². The fraction of sp³-hybridized carbons (Fsp3) is 0.235. The molecule has 6 nitrogen and oxygen atoms in total. The Kier molecular flexibility index (Phi) is 4.64. The molecule has 0 saturated heterocycles. The molecule has 0 heterocycles. The molecule has 0 aliphatic rings. The van der Waals surface area contributed by atoms with Gasteiger partial charge in [-0.25, -0.2) is 0 Å². The van der Waals surface area contributed by atoms with E-state index >= 15 is 0 Å². The summed E-state index contributed by atoms with van der Waals surface area (Å²) in [7, 11) is 1.67. The first-order valence-electron chi connectivity index (χ1n) is 7.19. The molecule has 2 aromatic rings. The zero-order valence-corrected chi connectivity index (χ0v) is 13.6. The molecule has 2 rings (SSSR count). The van der Waals surface area contributed by atoms with E-state index in [1.165, 1.54) is 18.2 Å². The first-order valence-corrected chi connectivity index (χ1v) is 7.19. The SMILES string of the molecule is CNc1ccc([N+](=O)[O-])cc1C(=O)Nc1c(C)cc(C)cc1C. The van der Waals surface area contributed by atoms with E-state index in [-0.39, 0.29) is 17.2 Å². The number of nitrogens with zero attached hydrogens (tertiary/aromatic N) is 1. The van der Waals surface area contributed by atoms with Gasteiger partial charge in [-0.15, -0.1) is 0 Å². The lowest BCUT2D eigenvalue weighted by Crippen LogP contribution is -2.16. The second kappa shape index (κ2) is 6.48. The fourth-order valence-corrected chi connectivity index (χ4v) is 2.61. The Labute approximate surface area is 134 Å². The summed E-state index contributed by atoms with van der Waals surface area (Å²) < 4.78 is 0. The van der Waals surface area contributed by atoms with Gasteiger partial charge in [0.25, 0.3) is 11.6 Å². The van der Waals surface area contributed by atoms with Crippen LogP contribution in [-0.2, 0) is 0 Å². The van der Waals surface area contributed by atoms with Crippen LogP contribution >= 0.6 is 0 Å². The molecule has 0 atom stereocenters. The zero-order valence-electron chi connectivity index (χ0n) is 13.6. The van der Waals surface area contributed by atoms with Gasteiger partial charge in [0, 0.05) is 30.6 Å². The Morgan fingerprint density at radius 1 is 1.09 bits per heavy atom. The number of nitro groups is 1. The van der Waals surface area contributed by atoms with E-state index in [1.54, 1.807) is 7.05 Å². The Morgan fingerprint density at radius 2 is 1.70 bits per heavy atom. The number of nitrogens with one attached hydrogen (secondary N) is 2. The van der Waals surface area contributed by atoms with Crippen molar-refractivity contribution >= 4 is 23.0 Å². The summed E-state index contributed by atoms with van der Waals surface area (Å²) in [4.78, 5) is 23.0. The molecule has 0 aliphatic heterocycles. The summed E-state index contributed by atoms with van der Waals surface area (Å²) in [5.74, 6) is -0.381. The highest BCUT2D eigenvalue weighted by Gasteiger charge is 2.17. The summed E-state index contributed by atoms with van der Waals surface area (Å²) in [5.41, 5.74) is 4.40. The number of nitro benzene ring substituents is 1. The molecular weight excluding hydrogens is 294 g/mol. The summed E-state index contributed by atoms with van der Waals surface area (Å²) in [6, 6.07) is 8.14. The van der Waals surface area contributed by atoms with Gasteiger partial charge in [0.05, 0.1) is 10.5 Å². The third-order valence-electron chi connectivity index (χ3n) is 3.64. The third kappa shape index (κ3) is 3.48. The summed E-state index contributed by atoms with van der Waals surface area (Å²) in [6.45, 7) is 5.83. The van der Waals surface area contributed by atoms with Crippen LogP contribution in [0.25, 0.3) is 0 Å². The van der Waals surface area contributed by atoms with Gasteiger partial charge in [0.1, 0.15) is 0 Å². The van der Waals surface area contributed by atoms with E-state index in [4.69, 9.17) is 0 Å². The van der Waals surface area contributed by atoms with E-state index in [1.807, 2.05) is 32.9 Å². The van der Waals surface area contributed by atoms with Gasteiger partial charge in [0.2, 0.25) is 0 Å². The van der Waals surface area contributed by atoms with Crippen LogP contribution in [0.5, 0.6) is 0 Å². The first-order chi connectivity index (χ1) is 10.8. The van der Waals surface area contributed by atoms with E-state index in [0.29, 0.717) is 5.69 Å². The lowest BCUT2D eigenvalue weighted by Gasteiger charge is -2.14. The topological polar surface area (TPSA) is 84.3 Å². The van der Waals surface area contributed by atoms with Crippen molar-refractivity contribution < 1.29 is 9.72 Å². The Balaban J connectivity index is 2.41. The van der Waals surface area contributed by atoms with E-state index < -0.39 is 4.92 Å². The molecule has 0 saturated carbocycles. The molecule has 2 N–H and O–H groups in total. The largest absolute Gasteiger partial charge is 0.387 e. The molecule has 120 valence electrons. The van der Waals surface area contributed by atoms with Gasteiger partial charge in [-0.1, -0.05) is 17.7 Å². The predicted octanol–water partition coefficient (Wildman–Crippen LogP) is 3.81. The van der Waals surface area contributed by atoms with Crippen LogP contribution in [-0.4, -0.2) is 17.9 Å². The summed E-state index contributed by atoms with van der Waals surface area (Å²) in [6.07, 6.45) is 0. The highest BCUT2D eigenvalue weighted by atomic mass is 16.6. The van der Waals surface area contributed by atoms with Crippen molar-refractivity contribution in [3.8, 4) is 0 Å². The van der Waals surface area contributed by atoms with E-state index in [2.05, 4.69) is 10.6 Å². The second-order valence-electron chi connectivity index (χ2n) is 5.46.